The van der Waals surface area contributed by atoms with Crippen LogP contribution in [0.5, 0.6) is 0 Å². The van der Waals surface area contributed by atoms with E-state index in [0.29, 0.717) is 6.42 Å². The Hall–Kier alpha value is -1.81. The topological polar surface area (TPSA) is 51.8 Å². The van der Waals surface area contributed by atoms with Crippen molar-refractivity contribution in [1.82, 2.24) is 9.97 Å². The van der Waals surface area contributed by atoms with E-state index in [9.17, 15) is 4.39 Å². The maximum absolute atomic E-state index is 12.8. The summed E-state index contributed by atoms with van der Waals surface area (Å²) in [5.74, 6) is 0.500. The van der Waals surface area contributed by atoms with Gasteiger partial charge in [0.05, 0.1) is 0 Å². The van der Waals surface area contributed by atoms with Gasteiger partial charge in [-0.1, -0.05) is 19.1 Å². The van der Waals surface area contributed by atoms with E-state index in [1.807, 2.05) is 6.92 Å². The van der Waals surface area contributed by atoms with Gasteiger partial charge in [0, 0.05) is 30.4 Å². The van der Waals surface area contributed by atoms with E-state index >= 15 is 0 Å². The zero-order chi connectivity index (χ0) is 13.0. The minimum absolute atomic E-state index is 0.0988. The summed E-state index contributed by atoms with van der Waals surface area (Å²) in [6.07, 6.45) is 5.08. The van der Waals surface area contributed by atoms with Crippen LogP contribution < -0.4 is 5.73 Å². The van der Waals surface area contributed by atoms with Crippen LogP contribution in [0.4, 0.5) is 4.39 Å². The van der Waals surface area contributed by atoms with E-state index < -0.39 is 0 Å². The van der Waals surface area contributed by atoms with E-state index in [0.717, 1.165) is 23.4 Å². The summed E-state index contributed by atoms with van der Waals surface area (Å²) >= 11 is 0. The molecule has 0 fully saturated rings. The molecule has 0 spiro atoms. The molecular formula is C14H16FN3. The van der Waals surface area contributed by atoms with Gasteiger partial charge in [-0.2, -0.15) is 0 Å². The molecule has 0 aliphatic rings. The first kappa shape index (κ1) is 12.6. The van der Waals surface area contributed by atoms with Crippen LogP contribution in [-0.2, 0) is 6.42 Å². The van der Waals surface area contributed by atoms with Crippen molar-refractivity contribution in [2.75, 3.05) is 0 Å². The Morgan fingerprint density at radius 2 is 1.72 bits per heavy atom. The van der Waals surface area contributed by atoms with Crippen LogP contribution in [0.1, 0.15) is 19.2 Å². The van der Waals surface area contributed by atoms with Crippen molar-refractivity contribution >= 4 is 0 Å². The van der Waals surface area contributed by atoms with Crippen molar-refractivity contribution < 1.29 is 4.39 Å². The first-order chi connectivity index (χ1) is 8.69. The lowest BCUT2D eigenvalue weighted by Crippen LogP contribution is -2.22. The molecule has 0 aliphatic carbocycles. The molecule has 1 aromatic carbocycles. The standard InChI is InChI=1S/C14H16FN3/c1-2-13(16)7-14-17-8-11(9-18-14)10-3-5-12(15)6-4-10/h3-6,8-9,13H,2,7,16H2,1H3. The molecule has 0 bridgehead atoms. The van der Waals surface area contributed by atoms with Crippen LogP contribution >= 0.6 is 0 Å². The highest BCUT2D eigenvalue weighted by atomic mass is 19.1. The van der Waals surface area contributed by atoms with Gasteiger partial charge >= 0.3 is 0 Å². The van der Waals surface area contributed by atoms with Crippen molar-refractivity contribution in [2.45, 2.75) is 25.8 Å². The number of hydrogen-bond acceptors (Lipinski definition) is 3. The summed E-state index contributed by atoms with van der Waals surface area (Å²) in [7, 11) is 0. The number of benzene rings is 1. The monoisotopic (exact) mass is 245 g/mol. The van der Waals surface area contributed by atoms with E-state index in [2.05, 4.69) is 9.97 Å². The number of halogens is 1. The van der Waals surface area contributed by atoms with E-state index in [4.69, 9.17) is 5.73 Å². The number of aromatic nitrogens is 2. The molecule has 0 radical (unpaired) electrons. The highest BCUT2D eigenvalue weighted by molar-refractivity contribution is 5.61. The molecule has 0 saturated carbocycles. The smallest absolute Gasteiger partial charge is 0.129 e. The van der Waals surface area contributed by atoms with E-state index in [1.54, 1.807) is 24.5 Å². The van der Waals surface area contributed by atoms with Gasteiger partial charge < -0.3 is 5.73 Å². The molecule has 3 nitrogen and oxygen atoms in total. The molecule has 94 valence electrons. The molecule has 2 N–H and O–H groups in total. The zero-order valence-corrected chi connectivity index (χ0v) is 10.3. The first-order valence-electron chi connectivity index (χ1n) is 6.01. The normalized spacial score (nSPS) is 12.4. The van der Waals surface area contributed by atoms with Gasteiger partial charge in [-0.15, -0.1) is 0 Å². The Labute approximate surface area is 106 Å². The number of nitrogens with two attached hydrogens (primary N) is 1. The van der Waals surface area contributed by atoms with Crippen molar-refractivity contribution in [2.24, 2.45) is 5.73 Å². The molecule has 0 aliphatic heterocycles. The van der Waals surface area contributed by atoms with Crippen molar-refractivity contribution in [3.8, 4) is 11.1 Å². The Morgan fingerprint density at radius 1 is 1.11 bits per heavy atom. The van der Waals surface area contributed by atoms with Gasteiger partial charge in [-0.25, -0.2) is 14.4 Å². The maximum atomic E-state index is 12.8. The summed E-state index contributed by atoms with van der Waals surface area (Å²) in [6, 6.07) is 6.38. The fourth-order valence-electron chi connectivity index (χ4n) is 1.63. The quantitative estimate of drug-likeness (QED) is 0.900. The zero-order valence-electron chi connectivity index (χ0n) is 10.3. The lowest BCUT2D eigenvalue weighted by molar-refractivity contribution is 0.624. The lowest BCUT2D eigenvalue weighted by atomic mass is 10.1. The minimum atomic E-state index is -0.245. The van der Waals surface area contributed by atoms with Crippen LogP contribution in [0.15, 0.2) is 36.7 Å². The molecule has 1 atom stereocenters. The minimum Gasteiger partial charge on any atom is -0.327 e. The highest BCUT2D eigenvalue weighted by Crippen LogP contribution is 2.17. The van der Waals surface area contributed by atoms with Gasteiger partial charge in [-0.05, 0) is 24.1 Å². The van der Waals surface area contributed by atoms with Crippen LogP contribution in [-0.4, -0.2) is 16.0 Å². The maximum Gasteiger partial charge on any atom is 0.129 e. The van der Waals surface area contributed by atoms with Crippen molar-refractivity contribution in [1.29, 1.82) is 0 Å². The summed E-state index contributed by atoms with van der Waals surface area (Å²) in [4.78, 5) is 8.56. The molecule has 4 heteroatoms. The third-order valence-corrected chi connectivity index (χ3v) is 2.85. The second-order valence-corrected chi connectivity index (χ2v) is 4.27. The third kappa shape index (κ3) is 3.11. The molecule has 1 heterocycles. The SMILES string of the molecule is CCC(N)Cc1ncc(-c2ccc(F)cc2)cn1. The Balaban J connectivity index is 2.14. The predicted octanol–water partition coefficient (Wildman–Crippen LogP) is 2.56. The van der Waals surface area contributed by atoms with Gasteiger partial charge in [0.1, 0.15) is 11.6 Å². The second kappa shape index (κ2) is 5.69. The van der Waals surface area contributed by atoms with Crippen molar-refractivity contribution in [3.63, 3.8) is 0 Å². The van der Waals surface area contributed by atoms with E-state index in [-0.39, 0.29) is 11.9 Å². The Morgan fingerprint density at radius 3 is 2.28 bits per heavy atom. The van der Waals surface area contributed by atoms with Crippen LogP contribution in [0, 0.1) is 5.82 Å². The number of rotatable bonds is 4. The molecule has 2 aromatic rings. The summed E-state index contributed by atoms with van der Waals surface area (Å²) in [5, 5.41) is 0. The lowest BCUT2D eigenvalue weighted by Gasteiger charge is -2.07. The van der Waals surface area contributed by atoms with Gasteiger partial charge in [0.25, 0.3) is 0 Å². The second-order valence-electron chi connectivity index (χ2n) is 4.27. The molecule has 0 saturated heterocycles. The summed E-state index contributed by atoms with van der Waals surface area (Å²) < 4.78 is 12.8. The van der Waals surface area contributed by atoms with Crippen LogP contribution in [0.25, 0.3) is 11.1 Å². The average Bonchev–Trinajstić information content (AvgIpc) is 2.40. The Kier molecular flexibility index (Phi) is 3.99. The van der Waals surface area contributed by atoms with E-state index in [1.165, 1.54) is 12.1 Å². The summed E-state index contributed by atoms with van der Waals surface area (Å²) in [5.41, 5.74) is 7.63. The fourth-order valence-corrected chi connectivity index (χ4v) is 1.63. The Bertz CT molecular complexity index is 493. The molecular weight excluding hydrogens is 229 g/mol. The average molecular weight is 245 g/mol. The molecule has 1 aromatic heterocycles. The van der Waals surface area contributed by atoms with Crippen molar-refractivity contribution in [3.05, 3.63) is 48.3 Å². The third-order valence-electron chi connectivity index (χ3n) is 2.85. The highest BCUT2D eigenvalue weighted by Gasteiger charge is 2.05. The molecule has 18 heavy (non-hydrogen) atoms. The first-order valence-corrected chi connectivity index (χ1v) is 6.01. The van der Waals surface area contributed by atoms with Crippen LogP contribution in [0.2, 0.25) is 0 Å². The van der Waals surface area contributed by atoms with Gasteiger partial charge in [-0.3, -0.25) is 0 Å². The summed E-state index contributed by atoms with van der Waals surface area (Å²) in [6.45, 7) is 2.04. The fraction of sp³-hybridized carbons (Fsp3) is 0.286. The van der Waals surface area contributed by atoms with Gasteiger partial charge in [0.15, 0.2) is 0 Å². The predicted molar refractivity (Wildman–Crippen MR) is 69.4 cm³/mol. The largest absolute Gasteiger partial charge is 0.327 e. The molecule has 1 unspecified atom stereocenters. The number of hydrogen-bond donors (Lipinski definition) is 1. The van der Waals surface area contributed by atoms with Gasteiger partial charge in [0.2, 0.25) is 0 Å². The molecule has 2 rings (SSSR count). The number of nitrogens with zero attached hydrogens (tertiary/aromatic N) is 2. The van der Waals surface area contributed by atoms with Crippen LogP contribution in [0.3, 0.4) is 0 Å². The molecule has 0 amide bonds.